The molecule has 1 aromatic rings. The second-order valence-corrected chi connectivity index (χ2v) is 5.98. The first kappa shape index (κ1) is 19.7. The van der Waals surface area contributed by atoms with Crippen LogP contribution in [0.25, 0.3) is 0 Å². The Morgan fingerprint density at radius 1 is 1.22 bits per heavy atom. The molecule has 0 fully saturated rings. The first-order chi connectivity index (χ1) is 11.1. The zero-order valence-electron chi connectivity index (χ0n) is 15.0. The highest BCUT2D eigenvalue weighted by atomic mass is 16.5. The van der Waals surface area contributed by atoms with Crippen molar-refractivity contribution in [2.24, 2.45) is 0 Å². The molecule has 0 saturated heterocycles. The fourth-order valence-electron chi connectivity index (χ4n) is 2.80. The lowest BCUT2D eigenvalue weighted by molar-refractivity contribution is -0.0572. The first-order valence-electron chi connectivity index (χ1n) is 8.56. The number of benzene rings is 1. The molecule has 1 aromatic carbocycles. The normalized spacial score (nSPS) is 11.5. The Morgan fingerprint density at radius 2 is 1.91 bits per heavy atom. The third-order valence-electron chi connectivity index (χ3n) is 4.10. The zero-order chi connectivity index (χ0) is 17.1. The van der Waals surface area contributed by atoms with E-state index in [1.807, 2.05) is 31.3 Å². The SMILES string of the molecule is CCCC(CCC)(COc1cccc(C(=O)CCNC)c1)OC. The van der Waals surface area contributed by atoms with Crippen molar-refractivity contribution < 1.29 is 14.3 Å². The van der Waals surface area contributed by atoms with Gasteiger partial charge in [-0.2, -0.15) is 0 Å². The highest BCUT2D eigenvalue weighted by Gasteiger charge is 2.29. The summed E-state index contributed by atoms with van der Waals surface area (Å²) in [5.74, 6) is 0.860. The van der Waals surface area contributed by atoms with E-state index in [4.69, 9.17) is 9.47 Å². The standard InChI is InChI=1S/C19H31NO3/c1-5-11-19(22-4,12-6-2)15-23-17-9-7-8-16(14-17)18(21)10-13-20-3/h7-9,14,20H,5-6,10-13,15H2,1-4H3. The van der Waals surface area contributed by atoms with Gasteiger partial charge in [0.25, 0.3) is 0 Å². The molecule has 0 radical (unpaired) electrons. The molecular formula is C19H31NO3. The van der Waals surface area contributed by atoms with E-state index in [0.717, 1.165) is 31.4 Å². The maximum absolute atomic E-state index is 12.1. The fraction of sp³-hybridized carbons (Fsp3) is 0.632. The van der Waals surface area contributed by atoms with Crippen LogP contribution in [0.4, 0.5) is 0 Å². The van der Waals surface area contributed by atoms with E-state index in [2.05, 4.69) is 19.2 Å². The first-order valence-corrected chi connectivity index (χ1v) is 8.56. The number of hydrogen-bond acceptors (Lipinski definition) is 4. The third-order valence-corrected chi connectivity index (χ3v) is 4.10. The van der Waals surface area contributed by atoms with Gasteiger partial charge in [-0.3, -0.25) is 4.79 Å². The Labute approximate surface area is 140 Å². The zero-order valence-corrected chi connectivity index (χ0v) is 15.0. The molecule has 23 heavy (non-hydrogen) atoms. The Kier molecular flexibility index (Phi) is 8.89. The van der Waals surface area contributed by atoms with Crippen LogP contribution in [0.2, 0.25) is 0 Å². The number of carbonyl (C=O) groups excluding carboxylic acids is 1. The lowest BCUT2D eigenvalue weighted by Crippen LogP contribution is -2.38. The topological polar surface area (TPSA) is 47.6 Å². The molecule has 0 aliphatic carbocycles. The molecule has 0 heterocycles. The number of ketones is 1. The predicted octanol–water partition coefficient (Wildman–Crippen LogP) is 3.84. The van der Waals surface area contributed by atoms with Crippen LogP contribution in [0, 0.1) is 0 Å². The number of carbonyl (C=O) groups is 1. The van der Waals surface area contributed by atoms with Crippen LogP contribution in [0.5, 0.6) is 5.75 Å². The lowest BCUT2D eigenvalue weighted by atomic mass is 9.93. The molecule has 0 spiro atoms. The van der Waals surface area contributed by atoms with Crippen molar-refractivity contribution >= 4 is 5.78 Å². The van der Waals surface area contributed by atoms with Gasteiger partial charge in [0.05, 0.1) is 0 Å². The lowest BCUT2D eigenvalue weighted by Gasteiger charge is -2.32. The van der Waals surface area contributed by atoms with Crippen LogP contribution in [-0.4, -0.2) is 38.7 Å². The van der Waals surface area contributed by atoms with Crippen molar-refractivity contribution in [3.63, 3.8) is 0 Å². The molecule has 0 bridgehead atoms. The van der Waals surface area contributed by atoms with Gasteiger partial charge in [0.1, 0.15) is 18.0 Å². The number of Topliss-reactive ketones (excluding diaryl/α,β-unsaturated/α-hetero) is 1. The summed E-state index contributed by atoms with van der Waals surface area (Å²) in [5.41, 5.74) is 0.460. The number of ether oxygens (including phenoxy) is 2. The van der Waals surface area contributed by atoms with Gasteiger partial charge in [0.2, 0.25) is 0 Å². The second kappa shape index (κ2) is 10.4. The minimum Gasteiger partial charge on any atom is -0.491 e. The summed E-state index contributed by atoms with van der Waals surface area (Å²) >= 11 is 0. The van der Waals surface area contributed by atoms with E-state index in [-0.39, 0.29) is 11.4 Å². The average Bonchev–Trinajstić information content (AvgIpc) is 2.58. The van der Waals surface area contributed by atoms with Crippen LogP contribution >= 0.6 is 0 Å². The number of methoxy groups -OCH3 is 1. The van der Waals surface area contributed by atoms with Crippen LogP contribution in [0.3, 0.4) is 0 Å². The van der Waals surface area contributed by atoms with Crippen LogP contribution in [-0.2, 0) is 4.74 Å². The second-order valence-electron chi connectivity index (χ2n) is 5.98. The molecule has 0 saturated carbocycles. The molecule has 0 aliphatic heterocycles. The summed E-state index contributed by atoms with van der Waals surface area (Å²) in [5, 5.41) is 3.00. The fourth-order valence-corrected chi connectivity index (χ4v) is 2.80. The maximum Gasteiger partial charge on any atom is 0.164 e. The monoisotopic (exact) mass is 321 g/mol. The van der Waals surface area contributed by atoms with E-state index in [1.54, 1.807) is 7.11 Å². The van der Waals surface area contributed by atoms with Gasteiger partial charge in [0.15, 0.2) is 5.78 Å². The third kappa shape index (κ3) is 6.32. The van der Waals surface area contributed by atoms with E-state index < -0.39 is 0 Å². The van der Waals surface area contributed by atoms with E-state index in [0.29, 0.717) is 25.1 Å². The minimum atomic E-state index is -0.240. The summed E-state index contributed by atoms with van der Waals surface area (Å²) in [7, 11) is 3.60. The minimum absolute atomic E-state index is 0.130. The van der Waals surface area contributed by atoms with Gasteiger partial charge in [-0.1, -0.05) is 38.8 Å². The van der Waals surface area contributed by atoms with Crippen molar-refractivity contribution in [1.29, 1.82) is 0 Å². The molecular weight excluding hydrogens is 290 g/mol. The smallest absolute Gasteiger partial charge is 0.164 e. The van der Waals surface area contributed by atoms with Crippen molar-refractivity contribution in [3.8, 4) is 5.75 Å². The predicted molar refractivity (Wildman–Crippen MR) is 94.4 cm³/mol. The van der Waals surface area contributed by atoms with Gasteiger partial charge in [0, 0.05) is 25.6 Å². The molecule has 4 heteroatoms. The van der Waals surface area contributed by atoms with Crippen LogP contribution in [0.1, 0.15) is 56.3 Å². The van der Waals surface area contributed by atoms with Crippen molar-refractivity contribution in [3.05, 3.63) is 29.8 Å². The molecule has 0 unspecified atom stereocenters. The summed E-state index contributed by atoms with van der Waals surface area (Å²) in [6.45, 7) is 5.51. The summed E-state index contributed by atoms with van der Waals surface area (Å²) in [4.78, 5) is 12.1. The number of rotatable bonds is 12. The molecule has 0 amide bonds. The summed E-state index contributed by atoms with van der Waals surface area (Å²) in [6.07, 6.45) is 4.55. The Hall–Kier alpha value is -1.39. The Balaban J connectivity index is 2.74. The van der Waals surface area contributed by atoms with Gasteiger partial charge in [-0.05, 0) is 32.0 Å². The van der Waals surface area contributed by atoms with Crippen LogP contribution < -0.4 is 10.1 Å². The molecule has 0 atom stereocenters. The molecule has 0 aromatic heterocycles. The Morgan fingerprint density at radius 3 is 2.48 bits per heavy atom. The Bertz CT molecular complexity index is 467. The van der Waals surface area contributed by atoms with Gasteiger partial charge >= 0.3 is 0 Å². The molecule has 1 rings (SSSR count). The van der Waals surface area contributed by atoms with Crippen LogP contribution in [0.15, 0.2) is 24.3 Å². The van der Waals surface area contributed by atoms with Gasteiger partial charge < -0.3 is 14.8 Å². The van der Waals surface area contributed by atoms with Gasteiger partial charge in [-0.15, -0.1) is 0 Å². The molecule has 1 N–H and O–H groups in total. The number of hydrogen-bond donors (Lipinski definition) is 1. The number of nitrogens with one attached hydrogen (secondary N) is 1. The molecule has 0 aliphatic rings. The van der Waals surface area contributed by atoms with Crippen molar-refractivity contribution in [1.82, 2.24) is 5.32 Å². The summed E-state index contributed by atoms with van der Waals surface area (Å²) in [6, 6.07) is 7.44. The summed E-state index contributed by atoms with van der Waals surface area (Å²) < 4.78 is 11.7. The van der Waals surface area contributed by atoms with E-state index in [1.165, 1.54) is 0 Å². The quantitative estimate of drug-likeness (QED) is 0.594. The van der Waals surface area contributed by atoms with Crippen molar-refractivity contribution in [2.45, 2.75) is 51.6 Å². The average molecular weight is 321 g/mol. The highest BCUT2D eigenvalue weighted by molar-refractivity contribution is 5.96. The molecule has 130 valence electrons. The van der Waals surface area contributed by atoms with E-state index in [9.17, 15) is 4.79 Å². The molecule has 4 nitrogen and oxygen atoms in total. The maximum atomic E-state index is 12.1. The van der Waals surface area contributed by atoms with Crippen molar-refractivity contribution in [2.75, 3.05) is 27.3 Å². The van der Waals surface area contributed by atoms with Gasteiger partial charge in [-0.25, -0.2) is 0 Å². The largest absolute Gasteiger partial charge is 0.491 e. The van der Waals surface area contributed by atoms with E-state index >= 15 is 0 Å². The highest BCUT2D eigenvalue weighted by Crippen LogP contribution is 2.26.